The number of halogens is 1. The van der Waals surface area contributed by atoms with Crippen molar-refractivity contribution in [2.45, 2.75) is 31.7 Å². The summed E-state index contributed by atoms with van der Waals surface area (Å²) in [7, 11) is 0. The fraction of sp³-hybridized carbons (Fsp3) is 1.00. The number of aliphatic hydroxyl groups is 1. The van der Waals surface area contributed by atoms with Gasteiger partial charge in [0.25, 0.3) is 0 Å². The van der Waals surface area contributed by atoms with Gasteiger partial charge in [0.15, 0.2) is 0 Å². The van der Waals surface area contributed by atoms with Crippen LogP contribution >= 0.6 is 12.4 Å². The summed E-state index contributed by atoms with van der Waals surface area (Å²) in [5.41, 5.74) is 5.96. The van der Waals surface area contributed by atoms with Gasteiger partial charge in [0.05, 0.1) is 6.61 Å². The van der Waals surface area contributed by atoms with Gasteiger partial charge < -0.3 is 16.2 Å². The minimum absolute atomic E-state index is 0. The third kappa shape index (κ3) is 4.81. The maximum Gasteiger partial charge on any atom is 0.0555 e. The highest BCUT2D eigenvalue weighted by molar-refractivity contribution is 5.85. The smallest absolute Gasteiger partial charge is 0.0555 e. The Labute approximate surface area is 86.5 Å². The van der Waals surface area contributed by atoms with E-state index in [2.05, 4.69) is 5.32 Å². The largest absolute Gasteiger partial charge is 0.395 e. The van der Waals surface area contributed by atoms with Crippen LogP contribution in [0.4, 0.5) is 0 Å². The third-order valence-corrected chi connectivity index (χ3v) is 2.66. The molecule has 1 rings (SSSR count). The van der Waals surface area contributed by atoms with Gasteiger partial charge in [-0.3, -0.25) is 0 Å². The van der Waals surface area contributed by atoms with Crippen molar-refractivity contribution in [3.63, 3.8) is 0 Å². The summed E-state index contributed by atoms with van der Waals surface area (Å²) in [6, 6.07) is 0.380. The topological polar surface area (TPSA) is 58.3 Å². The van der Waals surface area contributed by atoms with Crippen LogP contribution in [0.3, 0.4) is 0 Å². The fourth-order valence-corrected chi connectivity index (χ4v) is 1.86. The second-order valence-corrected chi connectivity index (χ2v) is 3.64. The molecular formula is C9H21ClN2O. The van der Waals surface area contributed by atoms with E-state index < -0.39 is 0 Å². The monoisotopic (exact) mass is 208 g/mol. The highest BCUT2D eigenvalue weighted by Gasteiger charge is 2.20. The molecule has 0 spiro atoms. The minimum Gasteiger partial charge on any atom is -0.395 e. The molecule has 1 fully saturated rings. The van der Waals surface area contributed by atoms with E-state index in [1.165, 1.54) is 25.7 Å². The predicted molar refractivity (Wildman–Crippen MR) is 57.1 cm³/mol. The van der Waals surface area contributed by atoms with Gasteiger partial charge >= 0.3 is 0 Å². The van der Waals surface area contributed by atoms with Gasteiger partial charge in [-0.15, -0.1) is 12.4 Å². The highest BCUT2D eigenvalue weighted by atomic mass is 35.5. The zero-order valence-corrected chi connectivity index (χ0v) is 8.85. The van der Waals surface area contributed by atoms with Gasteiger partial charge in [0.2, 0.25) is 0 Å². The lowest BCUT2D eigenvalue weighted by atomic mass is 9.85. The van der Waals surface area contributed by atoms with Crippen LogP contribution in [0.15, 0.2) is 0 Å². The Bertz CT molecular complexity index is 124. The highest BCUT2D eigenvalue weighted by Crippen LogP contribution is 2.21. The molecule has 1 saturated carbocycles. The molecule has 3 nitrogen and oxygen atoms in total. The normalized spacial score (nSPS) is 28.2. The van der Waals surface area contributed by atoms with Crippen LogP contribution in [0.2, 0.25) is 0 Å². The Hall–Kier alpha value is 0.170. The van der Waals surface area contributed by atoms with Crippen LogP contribution in [-0.4, -0.2) is 30.8 Å². The molecule has 0 aromatic heterocycles. The summed E-state index contributed by atoms with van der Waals surface area (Å²) in [6.45, 7) is 1.90. The molecule has 0 bridgehead atoms. The van der Waals surface area contributed by atoms with E-state index in [4.69, 9.17) is 10.8 Å². The number of aliphatic hydroxyl groups excluding tert-OH is 1. The first kappa shape index (κ1) is 13.2. The van der Waals surface area contributed by atoms with E-state index in [9.17, 15) is 0 Å². The fourth-order valence-electron chi connectivity index (χ4n) is 1.86. The molecule has 0 radical (unpaired) electrons. The molecule has 1 aliphatic rings. The van der Waals surface area contributed by atoms with Gasteiger partial charge in [-0.1, -0.05) is 12.8 Å². The van der Waals surface area contributed by atoms with E-state index in [0.29, 0.717) is 18.5 Å². The Morgan fingerprint density at radius 1 is 1.31 bits per heavy atom. The summed E-state index contributed by atoms with van der Waals surface area (Å²) < 4.78 is 0. The van der Waals surface area contributed by atoms with Gasteiger partial charge in [-0.25, -0.2) is 0 Å². The van der Waals surface area contributed by atoms with E-state index >= 15 is 0 Å². The molecule has 80 valence electrons. The quantitative estimate of drug-likeness (QED) is 0.590. The van der Waals surface area contributed by atoms with Crippen LogP contribution in [-0.2, 0) is 0 Å². The van der Waals surface area contributed by atoms with Crippen molar-refractivity contribution in [2.75, 3.05) is 19.7 Å². The number of nitrogens with two attached hydrogens (primary N) is 1. The summed E-state index contributed by atoms with van der Waals surface area (Å²) >= 11 is 0. The lowest BCUT2D eigenvalue weighted by Crippen LogP contribution is -2.39. The first-order valence-corrected chi connectivity index (χ1v) is 4.91. The molecule has 0 saturated heterocycles. The summed E-state index contributed by atoms with van der Waals surface area (Å²) in [4.78, 5) is 0. The average molecular weight is 209 g/mol. The van der Waals surface area contributed by atoms with Crippen molar-refractivity contribution >= 4 is 12.4 Å². The molecule has 4 N–H and O–H groups in total. The lowest BCUT2D eigenvalue weighted by molar-refractivity contribution is 0.265. The molecule has 0 heterocycles. The standard InChI is InChI=1S/C9H20N2O.ClH/c10-9-4-2-1-3-8(9)7-11-5-6-12;/h8-9,11-12H,1-7,10H2;1H/t8-,9-;/m0./s1. The number of hydrogen-bond acceptors (Lipinski definition) is 3. The molecule has 0 unspecified atom stereocenters. The van der Waals surface area contributed by atoms with Crippen LogP contribution in [0.1, 0.15) is 25.7 Å². The summed E-state index contributed by atoms with van der Waals surface area (Å²) in [5, 5.41) is 11.8. The second-order valence-electron chi connectivity index (χ2n) is 3.64. The van der Waals surface area contributed by atoms with Crippen molar-refractivity contribution in [1.29, 1.82) is 0 Å². The van der Waals surface area contributed by atoms with Crippen LogP contribution in [0.25, 0.3) is 0 Å². The summed E-state index contributed by atoms with van der Waals surface area (Å²) in [6.07, 6.45) is 5.03. The van der Waals surface area contributed by atoms with E-state index in [1.807, 2.05) is 0 Å². The van der Waals surface area contributed by atoms with Gasteiger partial charge in [0, 0.05) is 12.6 Å². The Kier molecular flexibility index (Phi) is 7.66. The van der Waals surface area contributed by atoms with Gasteiger partial charge in [-0.2, -0.15) is 0 Å². The molecule has 0 aliphatic heterocycles. The lowest BCUT2D eigenvalue weighted by Gasteiger charge is -2.28. The van der Waals surface area contributed by atoms with E-state index in [-0.39, 0.29) is 19.0 Å². The first-order valence-electron chi connectivity index (χ1n) is 4.91. The van der Waals surface area contributed by atoms with Crippen molar-refractivity contribution < 1.29 is 5.11 Å². The van der Waals surface area contributed by atoms with Crippen molar-refractivity contribution in [3.8, 4) is 0 Å². The van der Waals surface area contributed by atoms with Crippen LogP contribution < -0.4 is 11.1 Å². The minimum atomic E-state index is 0. The molecule has 4 heteroatoms. The molecular weight excluding hydrogens is 188 g/mol. The number of rotatable bonds is 4. The van der Waals surface area contributed by atoms with Crippen LogP contribution in [0, 0.1) is 5.92 Å². The average Bonchev–Trinajstić information content (AvgIpc) is 2.09. The zero-order chi connectivity index (χ0) is 8.81. The van der Waals surface area contributed by atoms with E-state index in [1.54, 1.807) is 0 Å². The Morgan fingerprint density at radius 3 is 2.62 bits per heavy atom. The SMILES string of the molecule is Cl.N[C@H]1CCCC[C@H]1CNCCO. The molecule has 0 aromatic rings. The summed E-state index contributed by atoms with van der Waals surface area (Å²) in [5.74, 6) is 0.630. The molecule has 1 aliphatic carbocycles. The maximum atomic E-state index is 8.57. The molecule has 2 atom stereocenters. The van der Waals surface area contributed by atoms with E-state index in [0.717, 1.165) is 6.54 Å². The zero-order valence-electron chi connectivity index (χ0n) is 8.04. The predicted octanol–water partition coefficient (Wildman–Crippen LogP) is 0.508. The van der Waals surface area contributed by atoms with Gasteiger partial charge in [-0.05, 0) is 25.3 Å². The van der Waals surface area contributed by atoms with Crippen molar-refractivity contribution in [2.24, 2.45) is 11.7 Å². The molecule has 0 aromatic carbocycles. The Morgan fingerprint density at radius 2 is 2.00 bits per heavy atom. The maximum absolute atomic E-state index is 8.57. The Balaban J connectivity index is 0.00000144. The second kappa shape index (κ2) is 7.56. The third-order valence-electron chi connectivity index (χ3n) is 2.66. The van der Waals surface area contributed by atoms with Crippen LogP contribution in [0.5, 0.6) is 0 Å². The first-order chi connectivity index (χ1) is 5.84. The number of hydrogen-bond donors (Lipinski definition) is 3. The molecule has 0 amide bonds. The molecule has 13 heavy (non-hydrogen) atoms. The van der Waals surface area contributed by atoms with Gasteiger partial charge in [0.1, 0.15) is 0 Å². The number of nitrogens with one attached hydrogen (secondary N) is 1. The van der Waals surface area contributed by atoms with Crippen molar-refractivity contribution in [1.82, 2.24) is 5.32 Å². The van der Waals surface area contributed by atoms with Crippen molar-refractivity contribution in [3.05, 3.63) is 0 Å².